The molecule has 0 bridgehead atoms. The van der Waals surface area contributed by atoms with Crippen molar-refractivity contribution in [3.8, 4) is 5.88 Å². The Morgan fingerprint density at radius 3 is 2.93 bits per heavy atom. The van der Waals surface area contributed by atoms with Crippen molar-refractivity contribution >= 4 is 16.7 Å². The van der Waals surface area contributed by atoms with Crippen molar-refractivity contribution in [2.75, 3.05) is 0 Å². The zero-order valence-electron chi connectivity index (χ0n) is 8.18. The van der Waals surface area contributed by atoms with Crippen molar-refractivity contribution in [3.05, 3.63) is 36.2 Å². The number of nitrogens with zero attached hydrogens (tertiary/aromatic N) is 3. The van der Waals surface area contributed by atoms with E-state index in [1.54, 1.807) is 17.5 Å². The number of rotatable bonds is 0. The Labute approximate surface area is 85.8 Å². The molecule has 4 nitrogen and oxygen atoms in total. The first-order chi connectivity index (χ1) is 7.27. The second-order valence-corrected chi connectivity index (χ2v) is 3.46. The highest BCUT2D eigenvalue weighted by Crippen LogP contribution is 2.22. The highest BCUT2D eigenvalue weighted by Gasteiger charge is 2.09. The first-order valence-corrected chi connectivity index (χ1v) is 4.69. The maximum atomic E-state index is 9.87. The van der Waals surface area contributed by atoms with Gasteiger partial charge in [0.1, 0.15) is 5.69 Å². The number of hydrogen-bond donors (Lipinski definition) is 1. The molecule has 0 unspecified atom stereocenters. The van der Waals surface area contributed by atoms with Crippen LogP contribution in [0, 0.1) is 6.92 Å². The van der Waals surface area contributed by atoms with E-state index in [0.29, 0.717) is 11.3 Å². The summed E-state index contributed by atoms with van der Waals surface area (Å²) in [5.41, 5.74) is 3.00. The Balaban J connectivity index is 2.63. The number of imidazole rings is 1. The Kier molecular flexibility index (Phi) is 1.48. The predicted octanol–water partition coefficient (Wildman–Crippen LogP) is 1.90. The number of fused-ring (bicyclic) bond motifs is 3. The molecule has 0 saturated heterocycles. The average Bonchev–Trinajstić information content (AvgIpc) is 2.55. The summed E-state index contributed by atoms with van der Waals surface area (Å²) < 4.78 is 1.71. The molecule has 0 aliphatic carbocycles. The minimum atomic E-state index is 0.184. The lowest BCUT2D eigenvalue weighted by atomic mass is 10.3. The molecule has 0 saturated carbocycles. The number of aromatic hydroxyl groups is 1. The molecular formula is C11H9N3O. The molecule has 15 heavy (non-hydrogen) atoms. The van der Waals surface area contributed by atoms with Crippen molar-refractivity contribution in [3.63, 3.8) is 0 Å². The summed E-state index contributed by atoms with van der Waals surface area (Å²) in [5, 5.41) is 9.87. The highest BCUT2D eigenvalue weighted by molar-refractivity contribution is 5.78. The van der Waals surface area contributed by atoms with Gasteiger partial charge < -0.3 is 5.11 Å². The SMILES string of the molecule is Cc1nc2cnc3ccccc3n2c1O. The Bertz CT molecular complexity index is 657. The zero-order valence-corrected chi connectivity index (χ0v) is 8.18. The second kappa shape index (κ2) is 2.70. The number of aromatic nitrogens is 3. The van der Waals surface area contributed by atoms with Crippen LogP contribution in [-0.2, 0) is 0 Å². The number of hydrogen-bond acceptors (Lipinski definition) is 3. The third kappa shape index (κ3) is 1.01. The van der Waals surface area contributed by atoms with Crippen LogP contribution in [0.25, 0.3) is 16.7 Å². The van der Waals surface area contributed by atoms with E-state index >= 15 is 0 Å². The van der Waals surface area contributed by atoms with Gasteiger partial charge in [-0.15, -0.1) is 0 Å². The normalized spacial score (nSPS) is 11.3. The lowest BCUT2D eigenvalue weighted by Crippen LogP contribution is -1.89. The topological polar surface area (TPSA) is 50.4 Å². The summed E-state index contributed by atoms with van der Waals surface area (Å²) in [6.07, 6.45) is 1.66. The summed E-state index contributed by atoms with van der Waals surface area (Å²) >= 11 is 0. The lowest BCUT2D eigenvalue weighted by Gasteiger charge is -2.01. The monoisotopic (exact) mass is 199 g/mol. The fraction of sp³-hybridized carbons (Fsp3) is 0.0909. The predicted molar refractivity (Wildman–Crippen MR) is 56.9 cm³/mol. The van der Waals surface area contributed by atoms with Gasteiger partial charge >= 0.3 is 0 Å². The fourth-order valence-electron chi connectivity index (χ4n) is 1.76. The molecule has 74 valence electrons. The summed E-state index contributed by atoms with van der Waals surface area (Å²) in [6.45, 7) is 1.77. The standard InChI is InChI=1S/C11H9N3O/c1-7-11(15)14-9-5-3-2-4-8(9)12-6-10(14)13-7/h2-6,15H,1H3. The van der Waals surface area contributed by atoms with Crippen molar-refractivity contribution in [2.24, 2.45) is 0 Å². The first-order valence-electron chi connectivity index (χ1n) is 4.69. The Hall–Kier alpha value is -2.10. The molecule has 1 N–H and O–H groups in total. The summed E-state index contributed by atoms with van der Waals surface area (Å²) in [7, 11) is 0. The molecule has 0 fully saturated rings. The highest BCUT2D eigenvalue weighted by atomic mass is 16.3. The van der Waals surface area contributed by atoms with Gasteiger partial charge in [0.05, 0.1) is 17.2 Å². The zero-order chi connectivity index (χ0) is 10.4. The van der Waals surface area contributed by atoms with Gasteiger partial charge in [-0.05, 0) is 19.1 Å². The third-order valence-electron chi connectivity index (χ3n) is 2.49. The molecule has 0 spiro atoms. The average molecular weight is 199 g/mol. The van der Waals surface area contributed by atoms with Crippen molar-refractivity contribution in [1.29, 1.82) is 0 Å². The summed E-state index contributed by atoms with van der Waals surface area (Å²) in [4.78, 5) is 8.48. The molecule has 2 aromatic heterocycles. The molecular weight excluding hydrogens is 190 g/mol. The smallest absolute Gasteiger partial charge is 0.219 e. The van der Waals surface area contributed by atoms with Gasteiger partial charge in [0, 0.05) is 0 Å². The number of para-hydroxylation sites is 2. The second-order valence-electron chi connectivity index (χ2n) is 3.46. The van der Waals surface area contributed by atoms with Crippen LogP contribution in [0.3, 0.4) is 0 Å². The van der Waals surface area contributed by atoms with Crippen LogP contribution >= 0.6 is 0 Å². The van der Waals surface area contributed by atoms with Gasteiger partial charge in [-0.2, -0.15) is 0 Å². The van der Waals surface area contributed by atoms with E-state index in [-0.39, 0.29) is 5.88 Å². The molecule has 2 heterocycles. The van der Waals surface area contributed by atoms with E-state index in [1.807, 2.05) is 24.3 Å². The quantitative estimate of drug-likeness (QED) is 0.601. The first kappa shape index (κ1) is 8.23. The number of aryl methyl sites for hydroxylation is 1. The van der Waals surface area contributed by atoms with Crippen LogP contribution in [0.4, 0.5) is 0 Å². The molecule has 0 aliphatic heterocycles. The van der Waals surface area contributed by atoms with Crippen LogP contribution in [0.15, 0.2) is 30.5 Å². The van der Waals surface area contributed by atoms with E-state index in [9.17, 15) is 5.11 Å². The maximum Gasteiger partial charge on any atom is 0.219 e. The van der Waals surface area contributed by atoms with Gasteiger partial charge in [0.25, 0.3) is 0 Å². The van der Waals surface area contributed by atoms with Crippen molar-refractivity contribution in [2.45, 2.75) is 6.92 Å². The van der Waals surface area contributed by atoms with Crippen LogP contribution < -0.4 is 0 Å². The van der Waals surface area contributed by atoms with Crippen molar-refractivity contribution in [1.82, 2.24) is 14.4 Å². The molecule has 0 aliphatic rings. The van der Waals surface area contributed by atoms with Gasteiger partial charge in [0.2, 0.25) is 5.88 Å². The minimum Gasteiger partial charge on any atom is -0.493 e. The molecule has 3 aromatic rings. The van der Waals surface area contributed by atoms with Crippen LogP contribution in [0.2, 0.25) is 0 Å². The maximum absolute atomic E-state index is 9.87. The minimum absolute atomic E-state index is 0.184. The largest absolute Gasteiger partial charge is 0.493 e. The van der Waals surface area contributed by atoms with Crippen molar-refractivity contribution < 1.29 is 5.11 Å². The van der Waals surface area contributed by atoms with Crippen LogP contribution in [0.1, 0.15) is 5.69 Å². The fourth-order valence-corrected chi connectivity index (χ4v) is 1.76. The molecule has 0 radical (unpaired) electrons. The Morgan fingerprint density at radius 1 is 1.27 bits per heavy atom. The van der Waals surface area contributed by atoms with Gasteiger partial charge in [0.15, 0.2) is 5.65 Å². The lowest BCUT2D eigenvalue weighted by molar-refractivity contribution is 0.446. The third-order valence-corrected chi connectivity index (χ3v) is 2.49. The molecule has 3 rings (SSSR count). The molecule has 0 amide bonds. The summed E-state index contributed by atoms with van der Waals surface area (Å²) in [5.74, 6) is 0.184. The Morgan fingerprint density at radius 2 is 2.07 bits per heavy atom. The van der Waals surface area contributed by atoms with E-state index in [2.05, 4.69) is 9.97 Å². The van der Waals surface area contributed by atoms with Gasteiger partial charge in [-0.3, -0.25) is 9.38 Å². The molecule has 4 heteroatoms. The van der Waals surface area contributed by atoms with E-state index in [1.165, 1.54) is 0 Å². The summed E-state index contributed by atoms with van der Waals surface area (Å²) in [6, 6.07) is 7.65. The number of benzene rings is 1. The molecule has 0 atom stereocenters. The van der Waals surface area contributed by atoms with E-state index < -0.39 is 0 Å². The van der Waals surface area contributed by atoms with Crippen LogP contribution in [-0.4, -0.2) is 19.5 Å². The van der Waals surface area contributed by atoms with Gasteiger partial charge in [-0.1, -0.05) is 12.1 Å². The van der Waals surface area contributed by atoms with Gasteiger partial charge in [-0.25, -0.2) is 4.98 Å². The van der Waals surface area contributed by atoms with Crippen LogP contribution in [0.5, 0.6) is 5.88 Å². The van der Waals surface area contributed by atoms with E-state index in [0.717, 1.165) is 11.0 Å². The van der Waals surface area contributed by atoms with E-state index in [4.69, 9.17) is 0 Å². The molecule has 1 aromatic carbocycles.